The number of aromatic nitrogens is 2. The minimum Gasteiger partial charge on any atom is -0.388 e. The molecule has 0 saturated carbocycles. The summed E-state index contributed by atoms with van der Waals surface area (Å²) in [5.74, 6) is -0.0574. The van der Waals surface area contributed by atoms with Crippen LogP contribution in [0.15, 0.2) is 0 Å². The normalized spacial score (nSPS) is 20.7. The molecule has 0 radical (unpaired) electrons. The van der Waals surface area contributed by atoms with Crippen molar-refractivity contribution in [1.29, 1.82) is 0 Å². The Morgan fingerprint density at radius 2 is 2.09 bits per heavy atom. The van der Waals surface area contributed by atoms with Crippen LogP contribution in [0.4, 0.5) is 0 Å². The molecule has 2 rings (SSSR count). The Bertz CT molecular complexity index is 596. The van der Waals surface area contributed by atoms with Crippen LogP contribution in [-0.2, 0) is 16.1 Å². The van der Waals surface area contributed by atoms with E-state index in [1.807, 2.05) is 13.8 Å². The number of nitrogens with zero attached hydrogens (tertiary/aromatic N) is 3. The van der Waals surface area contributed by atoms with E-state index >= 15 is 0 Å². The molecule has 23 heavy (non-hydrogen) atoms. The third-order valence-electron chi connectivity index (χ3n) is 4.35. The highest BCUT2D eigenvalue weighted by Gasteiger charge is 2.33. The van der Waals surface area contributed by atoms with E-state index < -0.39 is 6.10 Å². The van der Waals surface area contributed by atoms with E-state index in [4.69, 9.17) is 4.74 Å². The van der Waals surface area contributed by atoms with Crippen molar-refractivity contribution in [3.05, 3.63) is 17.0 Å². The molecule has 7 nitrogen and oxygen atoms in total. The van der Waals surface area contributed by atoms with Gasteiger partial charge in [-0.1, -0.05) is 0 Å². The molecule has 128 valence electrons. The highest BCUT2D eigenvalue weighted by atomic mass is 16.5. The minimum atomic E-state index is -0.628. The molecule has 1 aliphatic heterocycles. The fourth-order valence-corrected chi connectivity index (χ4v) is 3.19. The lowest BCUT2D eigenvalue weighted by Gasteiger charge is -2.28. The van der Waals surface area contributed by atoms with Crippen molar-refractivity contribution in [3.8, 4) is 0 Å². The van der Waals surface area contributed by atoms with E-state index in [0.29, 0.717) is 31.0 Å². The van der Waals surface area contributed by atoms with Gasteiger partial charge in [0.05, 0.1) is 36.6 Å². The van der Waals surface area contributed by atoms with Crippen molar-refractivity contribution >= 4 is 11.7 Å². The summed E-state index contributed by atoms with van der Waals surface area (Å²) < 4.78 is 6.94. The summed E-state index contributed by atoms with van der Waals surface area (Å²) in [4.78, 5) is 25.8. The molecule has 1 aliphatic rings. The van der Waals surface area contributed by atoms with Crippen molar-refractivity contribution < 1.29 is 19.4 Å². The number of aryl methyl sites for hydroxylation is 2. The highest BCUT2D eigenvalue weighted by Crippen LogP contribution is 2.17. The molecule has 1 aromatic rings. The Hall–Kier alpha value is -1.73. The average Bonchev–Trinajstić information content (AvgIpc) is 3.01. The van der Waals surface area contributed by atoms with Crippen LogP contribution in [0.5, 0.6) is 0 Å². The highest BCUT2D eigenvalue weighted by molar-refractivity contribution is 5.96. The SMILES string of the molecule is CCN(C(=O)CCn1nc(C)c(C(C)=O)c1C)[C@H]1COC[C@@H]1O. The van der Waals surface area contributed by atoms with E-state index in [9.17, 15) is 14.7 Å². The second kappa shape index (κ2) is 7.23. The lowest BCUT2D eigenvalue weighted by molar-refractivity contribution is -0.135. The number of aliphatic hydroxyl groups is 1. The van der Waals surface area contributed by atoms with Gasteiger partial charge in [0.15, 0.2) is 5.78 Å². The first-order chi connectivity index (χ1) is 10.9. The molecule has 0 aliphatic carbocycles. The maximum absolute atomic E-state index is 12.5. The van der Waals surface area contributed by atoms with Crippen molar-refractivity contribution in [2.24, 2.45) is 0 Å². The Morgan fingerprint density at radius 3 is 2.57 bits per heavy atom. The molecule has 1 N–H and O–H groups in total. The first-order valence-electron chi connectivity index (χ1n) is 7.97. The fraction of sp³-hybridized carbons (Fsp3) is 0.688. The molecule has 1 fully saturated rings. The number of rotatable bonds is 6. The molecular weight excluding hydrogens is 298 g/mol. The number of aliphatic hydroxyl groups excluding tert-OH is 1. The third-order valence-corrected chi connectivity index (χ3v) is 4.35. The zero-order valence-corrected chi connectivity index (χ0v) is 14.2. The topological polar surface area (TPSA) is 84.7 Å². The molecule has 2 heterocycles. The zero-order chi connectivity index (χ0) is 17.1. The maximum Gasteiger partial charge on any atom is 0.224 e. The summed E-state index contributed by atoms with van der Waals surface area (Å²) in [5, 5.41) is 14.2. The van der Waals surface area contributed by atoms with Crippen LogP contribution in [0, 0.1) is 13.8 Å². The van der Waals surface area contributed by atoms with Crippen molar-refractivity contribution in [3.63, 3.8) is 0 Å². The van der Waals surface area contributed by atoms with Crippen molar-refractivity contribution in [2.45, 2.75) is 52.8 Å². The van der Waals surface area contributed by atoms with Crippen LogP contribution in [0.25, 0.3) is 0 Å². The van der Waals surface area contributed by atoms with Gasteiger partial charge in [0.1, 0.15) is 0 Å². The van der Waals surface area contributed by atoms with E-state index in [1.165, 1.54) is 6.92 Å². The number of Topliss-reactive ketones (excluding diaryl/α,β-unsaturated/α-hetero) is 1. The number of ketones is 1. The van der Waals surface area contributed by atoms with Gasteiger partial charge in [0, 0.05) is 25.2 Å². The van der Waals surface area contributed by atoms with Gasteiger partial charge in [0.25, 0.3) is 0 Å². The van der Waals surface area contributed by atoms with Crippen molar-refractivity contribution in [2.75, 3.05) is 19.8 Å². The van der Waals surface area contributed by atoms with Crippen LogP contribution in [0.3, 0.4) is 0 Å². The van der Waals surface area contributed by atoms with E-state index in [1.54, 1.807) is 16.5 Å². The minimum absolute atomic E-state index is 0.0148. The standard InChI is InChI=1S/C16H25N3O4/c1-5-18(13-8-23-9-14(13)21)15(22)6-7-19-11(3)16(12(4)20)10(2)17-19/h13-14,21H,5-9H2,1-4H3/t13-,14-/m0/s1. The number of amides is 1. The van der Waals surface area contributed by atoms with Gasteiger partial charge >= 0.3 is 0 Å². The van der Waals surface area contributed by atoms with E-state index in [-0.39, 0.29) is 30.8 Å². The summed E-state index contributed by atoms with van der Waals surface area (Å²) in [5.41, 5.74) is 2.11. The summed E-state index contributed by atoms with van der Waals surface area (Å²) in [6.07, 6.45) is -0.354. The third kappa shape index (κ3) is 3.61. The van der Waals surface area contributed by atoms with Crippen LogP contribution in [0.2, 0.25) is 0 Å². The first kappa shape index (κ1) is 17.6. The Morgan fingerprint density at radius 1 is 1.39 bits per heavy atom. The van der Waals surface area contributed by atoms with Gasteiger partial charge < -0.3 is 14.7 Å². The molecule has 7 heteroatoms. The van der Waals surface area contributed by atoms with Crippen LogP contribution >= 0.6 is 0 Å². The molecular formula is C16H25N3O4. The van der Waals surface area contributed by atoms with Gasteiger partial charge in [-0.25, -0.2) is 0 Å². The Kier molecular flexibility index (Phi) is 5.54. The number of ether oxygens (including phenoxy) is 1. The summed E-state index contributed by atoms with van der Waals surface area (Å²) in [6, 6.07) is -0.277. The predicted octanol–water partition coefficient (Wildman–Crippen LogP) is 0.701. The van der Waals surface area contributed by atoms with Crippen molar-refractivity contribution in [1.82, 2.24) is 14.7 Å². The maximum atomic E-state index is 12.5. The predicted molar refractivity (Wildman–Crippen MR) is 84.3 cm³/mol. The summed E-state index contributed by atoms with van der Waals surface area (Å²) in [7, 11) is 0. The number of hydrogen-bond donors (Lipinski definition) is 1. The molecule has 1 aromatic heterocycles. The smallest absolute Gasteiger partial charge is 0.224 e. The van der Waals surface area contributed by atoms with Gasteiger partial charge in [-0.3, -0.25) is 14.3 Å². The average molecular weight is 323 g/mol. The number of carbonyl (C=O) groups excluding carboxylic acids is 2. The molecule has 0 bridgehead atoms. The number of likely N-dealkylation sites (N-methyl/N-ethyl adjacent to an activating group) is 1. The molecule has 0 unspecified atom stereocenters. The van der Waals surface area contributed by atoms with Crippen LogP contribution in [-0.4, -0.2) is 63.4 Å². The van der Waals surface area contributed by atoms with Crippen LogP contribution in [0.1, 0.15) is 42.0 Å². The monoisotopic (exact) mass is 323 g/mol. The van der Waals surface area contributed by atoms with Gasteiger partial charge in [-0.05, 0) is 27.7 Å². The largest absolute Gasteiger partial charge is 0.388 e. The first-order valence-corrected chi connectivity index (χ1v) is 7.97. The molecule has 1 saturated heterocycles. The second-order valence-electron chi connectivity index (χ2n) is 5.93. The molecule has 0 aromatic carbocycles. The lowest BCUT2D eigenvalue weighted by atomic mass is 10.1. The van der Waals surface area contributed by atoms with Gasteiger partial charge in [-0.2, -0.15) is 5.10 Å². The molecule has 2 atom stereocenters. The summed E-state index contributed by atoms with van der Waals surface area (Å²) >= 11 is 0. The van der Waals surface area contributed by atoms with E-state index in [0.717, 1.165) is 5.69 Å². The van der Waals surface area contributed by atoms with E-state index in [2.05, 4.69) is 5.10 Å². The second-order valence-corrected chi connectivity index (χ2v) is 5.93. The number of carbonyl (C=O) groups is 2. The lowest BCUT2D eigenvalue weighted by Crippen LogP contribution is -2.46. The zero-order valence-electron chi connectivity index (χ0n) is 14.2. The van der Waals surface area contributed by atoms with Gasteiger partial charge in [-0.15, -0.1) is 0 Å². The Balaban J connectivity index is 2.04. The fourth-order valence-electron chi connectivity index (χ4n) is 3.19. The van der Waals surface area contributed by atoms with Gasteiger partial charge in [0.2, 0.25) is 5.91 Å². The molecule has 0 spiro atoms. The Labute approximate surface area is 136 Å². The van der Waals surface area contributed by atoms with Crippen LogP contribution < -0.4 is 0 Å². The quantitative estimate of drug-likeness (QED) is 0.779. The summed E-state index contributed by atoms with van der Waals surface area (Å²) in [6.45, 7) is 8.63. The number of hydrogen-bond acceptors (Lipinski definition) is 5. The molecule has 1 amide bonds.